The Labute approximate surface area is 119 Å². The van der Waals surface area contributed by atoms with E-state index in [-0.39, 0.29) is 8.68 Å². The molecule has 8 heteroatoms. The van der Waals surface area contributed by atoms with Crippen LogP contribution in [0.2, 0.25) is 4.47 Å². The molecule has 2 rings (SSSR count). The molecule has 0 spiro atoms. The monoisotopic (exact) mass is 322 g/mol. The quantitative estimate of drug-likeness (QED) is 0.920. The highest BCUT2D eigenvalue weighted by Crippen LogP contribution is 2.23. The van der Waals surface area contributed by atoms with Crippen molar-refractivity contribution in [1.82, 2.24) is 9.71 Å². The number of aryl methyl sites for hydroxylation is 1. The lowest BCUT2D eigenvalue weighted by Crippen LogP contribution is -2.22. The van der Waals surface area contributed by atoms with E-state index < -0.39 is 10.0 Å². The molecule has 0 atom stereocenters. The third-order valence-corrected chi connectivity index (χ3v) is 6.30. The van der Waals surface area contributed by atoms with Gasteiger partial charge in [0.2, 0.25) is 0 Å². The first kappa shape index (κ1) is 14.0. The molecule has 98 valence electrons. The van der Waals surface area contributed by atoms with Crippen molar-refractivity contribution in [2.75, 3.05) is 0 Å². The molecule has 2 heterocycles. The number of thiazole rings is 1. The Kier molecular flexibility index (Phi) is 4.39. The van der Waals surface area contributed by atoms with Crippen molar-refractivity contribution >= 4 is 44.3 Å². The Morgan fingerprint density at radius 3 is 2.89 bits per heavy atom. The third-order valence-electron chi connectivity index (χ3n) is 2.36. The third kappa shape index (κ3) is 3.10. The van der Waals surface area contributed by atoms with E-state index in [1.807, 2.05) is 18.4 Å². The average molecular weight is 323 g/mol. The van der Waals surface area contributed by atoms with Gasteiger partial charge in [0, 0.05) is 11.4 Å². The van der Waals surface area contributed by atoms with Crippen LogP contribution in [0.25, 0.3) is 0 Å². The van der Waals surface area contributed by atoms with Gasteiger partial charge in [-0.15, -0.1) is 11.3 Å². The second-order valence-corrected chi connectivity index (χ2v) is 8.09. The molecule has 0 aliphatic heterocycles. The van der Waals surface area contributed by atoms with Crippen LogP contribution in [-0.2, 0) is 23.0 Å². The van der Waals surface area contributed by atoms with Crippen LogP contribution in [0.15, 0.2) is 21.9 Å². The number of nitrogens with one attached hydrogen (secondary N) is 1. The summed E-state index contributed by atoms with van der Waals surface area (Å²) in [4.78, 5) is 4.77. The number of rotatable bonds is 5. The zero-order chi connectivity index (χ0) is 13.2. The van der Waals surface area contributed by atoms with Crippen LogP contribution in [0, 0.1) is 0 Å². The fraction of sp³-hybridized carbons (Fsp3) is 0.300. The van der Waals surface area contributed by atoms with Crippen LogP contribution in [-0.4, -0.2) is 13.4 Å². The minimum Gasteiger partial charge on any atom is -0.232 e. The van der Waals surface area contributed by atoms with Crippen molar-refractivity contribution in [2.45, 2.75) is 24.1 Å². The van der Waals surface area contributed by atoms with Gasteiger partial charge in [0.25, 0.3) is 10.0 Å². The molecule has 0 amide bonds. The molecule has 0 aliphatic carbocycles. The summed E-state index contributed by atoms with van der Waals surface area (Å²) in [6, 6.07) is 2.01. The Hall–Kier alpha value is -0.470. The molecule has 0 aromatic carbocycles. The van der Waals surface area contributed by atoms with Gasteiger partial charge in [-0.2, -0.15) is 0 Å². The molecular formula is C10H11ClN2O2S3. The topological polar surface area (TPSA) is 59.1 Å². The zero-order valence-electron chi connectivity index (χ0n) is 9.51. The second kappa shape index (κ2) is 5.66. The predicted molar refractivity (Wildman–Crippen MR) is 74.8 cm³/mol. The van der Waals surface area contributed by atoms with E-state index in [1.54, 1.807) is 11.3 Å². The Balaban J connectivity index is 2.10. The molecule has 0 saturated heterocycles. The van der Waals surface area contributed by atoms with Crippen molar-refractivity contribution in [1.29, 1.82) is 0 Å². The molecule has 0 radical (unpaired) electrons. The summed E-state index contributed by atoms with van der Waals surface area (Å²) in [7, 11) is -3.51. The zero-order valence-corrected chi connectivity index (χ0v) is 12.7. The van der Waals surface area contributed by atoms with Gasteiger partial charge in [-0.05, 0) is 23.4 Å². The van der Waals surface area contributed by atoms with Gasteiger partial charge in [0.1, 0.15) is 0 Å². The summed E-state index contributed by atoms with van der Waals surface area (Å²) in [6.07, 6.45) is 2.16. The first-order valence-corrected chi connectivity index (χ1v) is 8.75. The van der Waals surface area contributed by atoms with E-state index in [2.05, 4.69) is 9.71 Å². The summed E-state index contributed by atoms with van der Waals surface area (Å²) < 4.78 is 26.8. The van der Waals surface area contributed by atoms with Crippen LogP contribution in [0.5, 0.6) is 0 Å². The van der Waals surface area contributed by atoms with E-state index in [0.29, 0.717) is 6.54 Å². The average Bonchev–Trinajstić information content (AvgIpc) is 2.94. The number of hydrogen-bond donors (Lipinski definition) is 1. The van der Waals surface area contributed by atoms with Gasteiger partial charge in [-0.1, -0.05) is 29.9 Å². The number of hydrogen-bond acceptors (Lipinski definition) is 5. The number of halogens is 1. The van der Waals surface area contributed by atoms with Crippen molar-refractivity contribution in [3.8, 4) is 0 Å². The molecule has 0 fully saturated rings. The number of nitrogens with zero attached hydrogens (tertiary/aromatic N) is 1. The Morgan fingerprint density at radius 1 is 1.50 bits per heavy atom. The normalized spacial score (nSPS) is 11.9. The lowest BCUT2D eigenvalue weighted by atomic mass is 10.2. The predicted octanol–water partition coefficient (Wildman–Crippen LogP) is 2.90. The smallest absolute Gasteiger partial charge is 0.232 e. The molecule has 0 unspecified atom stereocenters. The minimum absolute atomic E-state index is 0.141. The largest absolute Gasteiger partial charge is 0.252 e. The van der Waals surface area contributed by atoms with Crippen LogP contribution >= 0.6 is 34.3 Å². The SMILES string of the molecule is CCc1ccsc1CNS(=O)(=O)c1cnc(Cl)s1. The van der Waals surface area contributed by atoms with Gasteiger partial charge in [-0.25, -0.2) is 18.1 Å². The first-order valence-electron chi connectivity index (χ1n) is 5.19. The van der Waals surface area contributed by atoms with Crippen LogP contribution in [0.4, 0.5) is 0 Å². The lowest BCUT2D eigenvalue weighted by Gasteiger charge is -2.04. The highest BCUT2D eigenvalue weighted by Gasteiger charge is 2.17. The number of aromatic nitrogens is 1. The van der Waals surface area contributed by atoms with Crippen LogP contribution in [0.3, 0.4) is 0 Å². The molecule has 0 saturated carbocycles. The van der Waals surface area contributed by atoms with Gasteiger partial charge >= 0.3 is 0 Å². The summed E-state index contributed by atoms with van der Waals surface area (Å²) in [5.41, 5.74) is 1.17. The maximum absolute atomic E-state index is 11.9. The molecule has 0 bridgehead atoms. The molecule has 4 nitrogen and oxygen atoms in total. The number of sulfonamides is 1. The minimum atomic E-state index is -3.51. The summed E-state index contributed by atoms with van der Waals surface area (Å²) in [5, 5.41) is 1.96. The van der Waals surface area contributed by atoms with Crippen LogP contribution < -0.4 is 4.72 Å². The summed E-state index contributed by atoms with van der Waals surface area (Å²) >= 11 is 8.13. The fourth-order valence-electron chi connectivity index (χ4n) is 1.43. The molecule has 0 aliphatic rings. The van der Waals surface area contributed by atoms with E-state index in [1.165, 1.54) is 11.8 Å². The van der Waals surface area contributed by atoms with Gasteiger partial charge in [0.05, 0.1) is 6.20 Å². The maximum atomic E-state index is 11.9. The highest BCUT2D eigenvalue weighted by atomic mass is 35.5. The lowest BCUT2D eigenvalue weighted by molar-refractivity contribution is 0.583. The van der Waals surface area contributed by atoms with Gasteiger partial charge in [0.15, 0.2) is 8.68 Å². The summed E-state index contributed by atoms with van der Waals surface area (Å²) in [6.45, 7) is 2.35. The van der Waals surface area contributed by atoms with E-state index in [4.69, 9.17) is 11.6 Å². The molecule has 18 heavy (non-hydrogen) atoms. The van der Waals surface area contributed by atoms with E-state index in [9.17, 15) is 8.42 Å². The highest BCUT2D eigenvalue weighted by molar-refractivity contribution is 7.91. The molecule has 2 aromatic heterocycles. The maximum Gasteiger partial charge on any atom is 0.252 e. The summed E-state index contributed by atoms with van der Waals surface area (Å²) in [5.74, 6) is 0. The Morgan fingerprint density at radius 2 is 2.28 bits per heavy atom. The van der Waals surface area contributed by atoms with Gasteiger partial charge in [-0.3, -0.25) is 0 Å². The Bertz CT molecular complexity index is 633. The molecular weight excluding hydrogens is 312 g/mol. The van der Waals surface area contributed by atoms with Crippen molar-refractivity contribution in [3.05, 3.63) is 32.6 Å². The van der Waals surface area contributed by atoms with Crippen molar-refractivity contribution in [2.24, 2.45) is 0 Å². The molecule has 1 N–H and O–H groups in total. The fourth-order valence-corrected chi connectivity index (χ4v) is 4.77. The van der Waals surface area contributed by atoms with Gasteiger partial charge < -0.3 is 0 Å². The van der Waals surface area contributed by atoms with E-state index >= 15 is 0 Å². The molecule has 2 aromatic rings. The van der Waals surface area contributed by atoms with Crippen molar-refractivity contribution < 1.29 is 8.42 Å². The van der Waals surface area contributed by atoms with Crippen molar-refractivity contribution in [3.63, 3.8) is 0 Å². The van der Waals surface area contributed by atoms with Crippen LogP contribution in [0.1, 0.15) is 17.4 Å². The number of thiophene rings is 1. The second-order valence-electron chi connectivity index (χ2n) is 3.48. The van der Waals surface area contributed by atoms with E-state index in [0.717, 1.165) is 22.6 Å². The first-order chi connectivity index (χ1) is 8.53. The standard InChI is InChI=1S/C10H11ClN2O2S3/c1-2-7-3-4-16-8(7)5-13-18(14,15)9-6-12-10(11)17-9/h3-4,6,13H,2,5H2,1H3.